The van der Waals surface area contributed by atoms with Crippen molar-refractivity contribution in [3.63, 3.8) is 0 Å². The van der Waals surface area contributed by atoms with E-state index >= 15 is 0 Å². The third kappa shape index (κ3) is 21.7. The third-order valence-corrected chi connectivity index (χ3v) is 26.8. The number of carbonyl (C=O) groups excluding carboxylic acids is 5. The number of benzene rings is 2. The number of carboxylic acid groups (broad SMARTS) is 2. The Morgan fingerprint density at radius 3 is 1.30 bits per heavy atom. The van der Waals surface area contributed by atoms with Gasteiger partial charge in [0, 0.05) is 110 Å². The lowest BCUT2D eigenvalue weighted by Crippen LogP contribution is -2.45. The molecule has 5 aromatic heterocycles. The number of nitrogens with two attached hydrogens (primary N) is 1. The number of aromatic carboxylic acids is 2. The normalized spacial score (nSPS) is 21.4. The maximum Gasteiger partial charge on any atom is 0.335 e. The topological polar surface area (TPSA) is 398 Å². The molecule has 2 aromatic carbocycles. The second kappa shape index (κ2) is 42.5. The zero-order valence-electron chi connectivity index (χ0n) is 75.0. The number of aliphatic hydroxyl groups excluding tert-OH is 1. The number of hydrogen-bond acceptors (Lipinski definition) is 27. The Labute approximate surface area is 772 Å². The van der Waals surface area contributed by atoms with Crippen molar-refractivity contribution in [1.29, 1.82) is 0 Å². The number of carboxylic acids is 2. The molecule has 690 valence electrons. The average molecular weight is 1850 g/mol. The summed E-state index contributed by atoms with van der Waals surface area (Å²) >= 11 is 23.9. The number of nitrogens with zero attached hydrogens (tertiary/aromatic N) is 20. The van der Waals surface area contributed by atoms with Crippen LogP contribution in [0.15, 0.2) is 104 Å². The maximum absolute atomic E-state index is 13.3. The van der Waals surface area contributed by atoms with Gasteiger partial charge in [0.2, 0.25) is 50.7 Å². The van der Waals surface area contributed by atoms with Crippen molar-refractivity contribution in [3.05, 3.63) is 137 Å². The van der Waals surface area contributed by atoms with Gasteiger partial charge in [0.25, 0.3) is 5.91 Å². The summed E-state index contributed by atoms with van der Waals surface area (Å²) in [5.41, 5.74) is 9.66. The van der Waals surface area contributed by atoms with Crippen molar-refractivity contribution in [3.8, 4) is 11.5 Å². The first-order valence-corrected chi connectivity index (χ1v) is 45.3. The number of ether oxygens (including phenoxy) is 2. The number of anilines is 13. The van der Waals surface area contributed by atoms with Gasteiger partial charge in [-0.15, -0.1) is 13.2 Å². The van der Waals surface area contributed by atoms with Crippen LogP contribution in [0.5, 0.6) is 11.5 Å². The minimum Gasteiger partial charge on any atom is -0.495 e. The summed E-state index contributed by atoms with van der Waals surface area (Å²) in [5.74, 6) is 2.28. The van der Waals surface area contributed by atoms with E-state index in [0.717, 1.165) is 98.6 Å². The van der Waals surface area contributed by atoms with Crippen LogP contribution in [0.3, 0.4) is 0 Å². The molecule has 0 bridgehead atoms. The summed E-state index contributed by atoms with van der Waals surface area (Å²) in [4.78, 5) is 147. The van der Waals surface area contributed by atoms with Gasteiger partial charge in [-0.1, -0.05) is 82.4 Å². The molecular weight excluding hydrogens is 1730 g/mol. The fourth-order valence-corrected chi connectivity index (χ4v) is 19.0. The number of methoxy groups -OCH3 is 2. The monoisotopic (exact) mass is 1850 g/mol. The lowest BCUT2D eigenvalue weighted by atomic mass is 9.88. The highest BCUT2D eigenvalue weighted by Gasteiger charge is 2.46. The second-order valence-electron chi connectivity index (χ2n) is 34.4. The van der Waals surface area contributed by atoms with Crippen molar-refractivity contribution >= 4 is 163 Å². The van der Waals surface area contributed by atoms with E-state index in [1.54, 1.807) is 111 Å². The summed E-state index contributed by atoms with van der Waals surface area (Å²) in [5, 5.41) is 31.9. The summed E-state index contributed by atoms with van der Waals surface area (Å²) in [6.07, 6.45) is 36.4. The minimum atomic E-state index is -1.04. The van der Waals surface area contributed by atoms with Crippen LogP contribution >= 0.6 is 46.4 Å². The van der Waals surface area contributed by atoms with Crippen LogP contribution in [0.4, 0.5) is 74.8 Å². The van der Waals surface area contributed by atoms with Crippen LogP contribution < -0.4 is 69.5 Å². The third-order valence-electron chi connectivity index (χ3n) is 26.1. The van der Waals surface area contributed by atoms with Gasteiger partial charge in [-0.2, -0.15) is 24.9 Å². The molecule has 0 spiro atoms. The van der Waals surface area contributed by atoms with E-state index in [1.165, 1.54) is 114 Å². The molecule has 4 unspecified atom stereocenters. The van der Waals surface area contributed by atoms with Crippen LogP contribution in [-0.4, -0.2) is 225 Å². The molecule has 5 amide bonds. The largest absolute Gasteiger partial charge is 0.495 e. The van der Waals surface area contributed by atoms with Crippen LogP contribution in [0, 0.1) is 16.7 Å². The number of rotatable bonds is 14. The molecule has 7 aromatic rings. The lowest BCUT2D eigenvalue weighted by molar-refractivity contribution is -0.125. The molecule has 38 heteroatoms. The molecular formula is C91H116Cl4N22O12. The van der Waals surface area contributed by atoms with Gasteiger partial charge in [0.05, 0.1) is 90.6 Å². The van der Waals surface area contributed by atoms with E-state index in [4.69, 9.17) is 71.7 Å². The number of nitrogens with one attached hydrogen (secondary N) is 1. The Bertz CT molecular complexity index is 5320. The molecule has 17 rings (SSSR count). The fourth-order valence-electron chi connectivity index (χ4n) is 18.5. The van der Waals surface area contributed by atoms with Gasteiger partial charge in [0.15, 0.2) is 29.1 Å². The quantitative estimate of drug-likeness (QED) is 0.0292. The molecule has 0 saturated heterocycles. The number of nitrogen functional groups attached to an aromatic ring is 1. The Hall–Kier alpha value is -11.3. The summed E-state index contributed by atoms with van der Waals surface area (Å²) < 4.78 is 10.2. The van der Waals surface area contributed by atoms with E-state index in [1.807, 2.05) is 26.8 Å². The highest BCUT2D eigenvalue weighted by Crippen LogP contribution is 2.46. The number of hydrogen-bond donors (Lipinski definition) is 5. The molecule has 5 fully saturated rings. The SMILES string of the molecule is C=CC1(C)CN(C2CCCC2)c2nc(Cl)ncc2N(C)C1=O.C=CC1(C)CN(C2CCCC2)c2nc(Nc3ccc(C(=O)O)cc3OC)ncc2N(C)C1=O.CC(O)C1CN(C2CCCC2)c2nc(Cl)ncc2N(C)C1=O.CC=C1CN(C2CCCC2)c2nc(Cl)ncc2N(C)C1=O.CN1C(=O)CCN(C2CCCC2)c2nc(Cl)ncc21.COc1cc(C(=O)O)ccc1N. The van der Waals surface area contributed by atoms with Crippen molar-refractivity contribution in [2.45, 2.75) is 199 Å². The van der Waals surface area contributed by atoms with Crippen molar-refractivity contribution in [2.24, 2.45) is 16.7 Å². The van der Waals surface area contributed by atoms with Gasteiger partial charge >= 0.3 is 11.9 Å². The first-order chi connectivity index (χ1) is 61.6. The molecule has 5 aliphatic carbocycles. The number of carbonyl (C=O) groups is 7. The van der Waals surface area contributed by atoms with Crippen molar-refractivity contribution < 1.29 is 58.4 Å². The van der Waals surface area contributed by atoms with E-state index in [2.05, 4.69) is 87.8 Å². The minimum absolute atomic E-state index is 0.00479. The molecule has 10 heterocycles. The smallest absolute Gasteiger partial charge is 0.335 e. The van der Waals surface area contributed by atoms with Crippen molar-refractivity contribution in [1.82, 2.24) is 49.8 Å². The van der Waals surface area contributed by atoms with Gasteiger partial charge in [-0.05, 0) is 175 Å². The highest BCUT2D eigenvalue weighted by atomic mass is 35.5. The lowest BCUT2D eigenvalue weighted by Gasteiger charge is -2.34. The zero-order valence-corrected chi connectivity index (χ0v) is 78.0. The van der Waals surface area contributed by atoms with Gasteiger partial charge < -0.3 is 84.8 Å². The predicted octanol–water partition coefficient (Wildman–Crippen LogP) is 14.8. The Morgan fingerprint density at radius 1 is 0.512 bits per heavy atom. The van der Waals surface area contributed by atoms with Crippen LogP contribution in [-0.2, 0) is 24.0 Å². The molecule has 10 aliphatic rings. The average Bonchev–Trinajstić information content (AvgIpc) is 1.62. The Kier molecular flexibility index (Phi) is 31.9. The van der Waals surface area contributed by atoms with E-state index in [0.29, 0.717) is 121 Å². The summed E-state index contributed by atoms with van der Waals surface area (Å²) in [7, 11) is 11.7. The van der Waals surface area contributed by atoms with Gasteiger partial charge in [-0.3, -0.25) is 24.0 Å². The first-order valence-electron chi connectivity index (χ1n) is 43.8. The number of amides is 5. The Balaban J connectivity index is 0.000000143. The molecule has 6 N–H and O–H groups in total. The van der Waals surface area contributed by atoms with Gasteiger partial charge in [-0.25, -0.2) is 34.5 Å². The van der Waals surface area contributed by atoms with E-state index < -0.39 is 34.8 Å². The number of allylic oxidation sites excluding steroid dienone is 1. The van der Waals surface area contributed by atoms with Crippen molar-refractivity contribution in [2.75, 3.05) is 142 Å². The number of fused-ring (bicyclic) bond motifs is 5. The summed E-state index contributed by atoms with van der Waals surface area (Å²) in [6.45, 7) is 18.1. The molecule has 5 aliphatic heterocycles. The maximum atomic E-state index is 13.3. The molecule has 34 nitrogen and oxygen atoms in total. The van der Waals surface area contributed by atoms with Crippen LogP contribution in [0.2, 0.25) is 21.1 Å². The van der Waals surface area contributed by atoms with Crippen LogP contribution in [0.1, 0.15) is 183 Å². The highest BCUT2D eigenvalue weighted by molar-refractivity contribution is 6.29. The number of halogens is 4. The van der Waals surface area contributed by atoms with Gasteiger partial charge in [0.1, 0.15) is 39.9 Å². The molecule has 129 heavy (non-hydrogen) atoms. The molecule has 5 saturated carbocycles. The van der Waals surface area contributed by atoms with E-state index in [-0.39, 0.29) is 67.8 Å². The first kappa shape index (κ1) is 96.7. The molecule has 0 radical (unpaired) electrons. The predicted molar refractivity (Wildman–Crippen MR) is 503 cm³/mol. The molecule has 4 atom stereocenters. The number of likely N-dealkylation sites (N-methyl/N-ethyl adjacent to an activating group) is 1. The summed E-state index contributed by atoms with van der Waals surface area (Å²) in [6, 6.07) is 10.8. The standard InChI is InChI=1S/C24H29N5O4.C16H21ClN4O.C15H21ClN4O2.C15H19ClN4O.C13H17ClN4O.C8H9NO3/c1-5-24(2)14-29(16-8-6-7-9-16)20-18(28(3)22(24)32)13-25-23(27-20)26-17-11-10-15(21(30)31)12-19(17)33-4;1-4-16(2)10-21(11-7-5-6-8-11)13-12(20(3)14(16)22)9-18-15(17)19-13;1-9(21)11-8-20(10-5-3-4-6-10)13-12(19(2)14(11)22)7-17-15(16)18-13;1-3-10-9-20(11-6-4-5-7-11)13-12(19(2)14(10)21)8-17-15(16)18-13;1-17-10-8-15-13(14)16-12(10)18(7-6-11(17)19)9-4-2-3-5-9;1-12-7-4-5(8(10)11)2-3-6(7)9/h5,10-13,16H,1,6-9,14H2,2-4H3,(H,30,31)(H,25,26,27);4,9,11H,1,5-8,10H2,2-3H3;7,9-11,21H,3-6,8H2,1-2H3;3,8,11H,4-7,9H2,1-2H3;8-9H,2-7H2,1H3;2-4H,9H2,1H3,(H,10,11). The van der Waals surface area contributed by atoms with Crippen LogP contribution in [0.25, 0.3) is 0 Å². The zero-order chi connectivity index (χ0) is 93.0. The van der Waals surface area contributed by atoms with E-state index in [9.17, 15) is 43.8 Å². The fraction of sp³-hybridized carbons (Fsp3) is 0.505. The Morgan fingerprint density at radius 2 is 0.876 bits per heavy atom. The number of aliphatic hydroxyl groups is 1. The number of aromatic nitrogens is 10. The second-order valence-corrected chi connectivity index (χ2v) is 35.8.